The molecule has 1 aromatic carbocycles. The van der Waals surface area contributed by atoms with Gasteiger partial charge in [0.1, 0.15) is 11.5 Å². The molecule has 0 aliphatic rings. The van der Waals surface area contributed by atoms with E-state index in [-0.39, 0.29) is 6.61 Å². The average Bonchev–Trinajstić information content (AvgIpc) is 2.85. The number of oxazole rings is 1. The van der Waals surface area contributed by atoms with E-state index in [0.717, 1.165) is 22.8 Å². The van der Waals surface area contributed by atoms with Crippen molar-refractivity contribution in [3.63, 3.8) is 0 Å². The van der Waals surface area contributed by atoms with E-state index < -0.39 is 0 Å². The van der Waals surface area contributed by atoms with Gasteiger partial charge in [-0.05, 0) is 31.2 Å². The highest BCUT2D eigenvalue weighted by atomic mass is 16.5. The largest absolute Gasteiger partial charge is 0.497 e. The van der Waals surface area contributed by atoms with Crippen molar-refractivity contribution in [1.29, 1.82) is 0 Å². The maximum absolute atomic E-state index is 8.64. The highest BCUT2D eigenvalue weighted by molar-refractivity contribution is 5.55. The van der Waals surface area contributed by atoms with Crippen molar-refractivity contribution >= 4 is 0 Å². The lowest BCUT2D eigenvalue weighted by Crippen LogP contribution is -2.04. The van der Waals surface area contributed by atoms with Crippen LogP contribution in [0.3, 0.4) is 0 Å². The van der Waals surface area contributed by atoms with Crippen LogP contribution in [0.1, 0.15) is 11.5 Å². The molecule has 0 atom stereocenters. The molecule has 108 valence electrons. The fourth-order valence-electron chi connectivity index (χ4n) is 1.85. The number of aliphatic hydroxyl groups excluding tert-OH is 1. The molecule has 0 aliphatic heterocycles. The molecule has 5 nitrogen and oxygen atoms in total. The van der Waals surface area contributed by atoms with E-state index in [2.05, 4.69) is 4.98 Å². The molecule has 0 bridgehead atoms. The van der Waals surface area contributed by atoms with Crippen LogP contribution in [0.2, 0.25) is 0 Å². The Balaban J connectivity index is 2.05. The number of nitrogens with zero attached hydrogens (tertiary/aromatic N) is 1. The minimum Gasteiger partial charge on any atom is -0.497 e. The van der Waals surface area contributed by atoms with Crippen LogP contribution >= 0.6 is 0 Å². The Labute approximate surface area is 118 Å². The van der Waals surface area contributed by atoms with Crippen LogP contribution in [-0.2, 0) is 11.2 Å². The second kappa shape index (κ2) is 7.07. The van der Waals surface area contributed by atoms with Gasteiger partial charge in [-0.15, -0.1) is 0 Å². The zero-order valence-electron chi connectivity index (χ0n) is 11.8. The van der Waals surface area contributed by atoms with Gasteiger partial charge < -0.3 is 19.0 Å². The molecule has 0 saturated heterocycles. The molecule has 20 heavy (non-hydrogen) atoms. The zero-order valence-corrected chi connectivity index (χ0v) is 11.8. The Morgan fingerprint density at radius 2 is 1.95 bits per heavy atom. The third-order valence-corrected chi connectivity index (χ3v) is 2.95. The predicted molar refractivity (Wildman–Crippen MR) is 74.8 cm³/mol. The number of hydrogen-bond acceptors (Lipinski definition) is 5. The Morgan fingerprint density at radius 3 is 2.60 bits per heavy atom. The first-order valence-electron chi connectivity index (χ1n) is 6.54. The summed E-state index contributed by atoms with van der Waals surface area (Å²) in [5.74, 6) is 2.19. The molecule has 0 saturated carbocycles. The van der Waals surface area contributed by atoms with Gasteiger partial charge >= 0.3 is 0 Å². The van der Waals surface area contributed by atoms with E-state index in [0.29, 0.717) is 25.5 Å². The molecule has 5 heteroatoms. The summed E-state index contributed by atoms with van der Waals surface area (Å²) in [5.41, 5.74) is 1.80. The molecule has 2 rings (SSSR count). The van der Waals surface area contributed by atoms with Crippen LogP contribution in [-0.4, -0.2) is 37.0 Å². The fourth-order valence-corrected chi connectivity index (χ4v) is 1.85. The van der Waals surface area contributed by atoms with Crippen LogP contribution in [0.15, 0.2) is 28.7 Å². The van der Waals surface area contributed by atoms with Crippen LogP contribution in [0, 0.1) is 6.92 Å². The molecule has 1 aromatic heterocycles. The van der Waals surface area contributed by atoms with Crippen molar-refractivity contribution in [2.24, 2.45) is 0 Å². The number of aliphatic hydroxyl groups is 1. The molecule has 0 unspecified atom stereocenters. The lowest BCUT2D eigenvalue weighted by molar-refractivity contribution is 0.0939. The van der Waals surface area contributed by atoms with Gasteiger partial charge in [-0.2, -0.15) is 0 Å². The van der Waals surface area contributed by atoms with Crippen molar-refractivity contribution in [2.45, 2.75) is 13.3 Å². The molecule has 0 radical (unpaired) electrons. The van der Waals surface area contributed by atoms with E-state index in [1.165, 1.54) is 0 Å². The molecule has 1 N–H and O–H groups in total. The van der Waals surface area contributed by atoms with Crippen LogP contribution in [0.4, 0.5) is 0 Å². The van der Waals surface area contributed by atoms with Gasteiger partial charge in [-0.3, -0.25) is 0 Å². The molecule has 2 aromatic rings. The zero-order chi connectivity index (χ0) is 14.4. The highest BCUT2D eigenvalue weighted by Gasteiger charge is 2.11. The lowest BCUT2D eigenvalue weighted by atomic mass is 10.2. The van der Waals surface area contributed by atoms with E-state index in [1.807, 2.05) is 31.2 Å². The SMILES string of the molecule is COc1ccc(-c2nc(CCOCCO)c(C)o2)cc1. The monoisotopic (exact) mass is 277 g/mol. The maximum Gasteiger partial charge on any atom is 0.226 e. The summed E-state index contributed by atoms with van der Waals surface area (Å²) in [5, 5.41) is 8.64. The first-order chi connectivity index (χ1) is 9.74. The minimum atomic E-state index is 0.0366. The number of rotatable bonds is 7. The summed E-state index contributed by atoms with van der Waals surface area (Å²) in [7, 11) is 1.63. The third-order valence-electron chi connectivity index (χ3n) is 2.95. The third kappa shape index (κ3) is 3.59. The van der Waals surface area contributed by atoms with Crippen LogP contribution in [0.25, 0.3) is 11.5 Å². The van der Waals surface area contributed by atoms with E-state index in [9.17, 15) is 0 Å². The number of methoxy groups -OCH3 is 1. The standard InChI is InChI=1S/C15H19NO4/c1-11-14(7-9-19-10-8-17)16-15(20-11)12-3-5-13(18-2)6-4-12/h3-6,17H,7-10H2,1-2H3. The second-order valence-corrected chi connectivity index (χ2v) is 4.34. The Kier molecular flexibility index (Phi) is 5.15. The fraction of sp³-hybridized carbons (Fsp3) is 0.400. The minimum absolute atomic E-state index is 0.0366. The van der Waals surface area contributed by atoms with Gasteiger partial charge in [-0.25, -0.2) is 4.98 Å². The van der Waals surface area contributed by atoms with Crippen LogP contribution in [0.5, 0.6) is 5.75 Å². The van der Waals surface area contributed by atoms with Crippen molar-refractivity contribution in [3.8, 4) is 17.2 Å². The lowest BCUT2D eigenvalue weighted by Gasteiger charge is -2.00. The van der Waals surface area contributed by atoms with Gasteiger partial charge in [0.2, 0.25) is 5.89 Å². The van der Waals surface area contributed by atoms with Gasteiger partial charge in [0.15, 0.2) is 0 Å². The maximum atomic E-state index is 8.64. The summed E-state index contributed by atoms with van der Waals surface area (Å²) in [6.45, 7) is 2.80. The second-order valence-electron chi connectivity index (χ2n) is 4.34. The van der Waals surface area contributed by atoms with Crippen molar-refractivity contribution < 1.29 is 19.0 Å². The Bertz CT molecular complexity index is 533. The van der Waals surface area contributed by atoms with E-state index >= 15 is 0 Å². The van der Waals surface area contributed by atoms with Crippen molar-refractivity contribution in [1.82, 2.24) is 4.98 Å². The Morgan fingerprint density at radius 1 is 1.20 bits per heavy atom. The quantitative estimate of drug-likeness (QED) is 0.786. The normalized spacial score (nSPS) is 10.8. The summed E-state index contributed by atoms with van der Waals surface area (Å²) in [6.07, 6.45) is 0.672. The summed E-state index contributed by atoms with van der Waals surface area (Å²) in [4.78, 5) is 4.48. The molecule has 0 amide bonds. The van der Waals surface area contributed by atoms with E-state index in [1.54, 1.807) is 7.11 Å². The number of aromatic nitrogens is 1. The molecule has 1 heterocycles. The molecular weight excluding hydrogens is 258 g/mol. The van der Waals surface area contributed by atoms with Crippen molar-refractivity contribution in [3.05, 3.63) is 35.7 Å². The topological polar surface area (TPSA) is 64.7 Å². The number of ether oxygens (including phenoxy) is 2. The number of aryl methyl sites for hydroxylation is 1. The molecule has 0 spiro atoms. The highest BCUT2D eigenvalue weighted by Crippen LogP contribution is 2.24. The van der Waals surface area contributed by atoms with Gasteiger partial charge in [0.05, 0.1) is 32.6 Å². The van der Waals surface area contributed by atoms with Crippen molar-refractivity contribution in [2.75, 3.05) is 26.9 Å². The average molecular weight is 277 g/mol. The first kappa shape index (κ1) is 14.6. The Hall–Kier alpha value is -1.85. The summed E-state index contributed by atoms with van der Waals surface area (Å²) in [6, 6.07) is 7.57. The summed E-state index contributed by atoms with van der Waals surface area (Å²) >= 11 is 0. The summed E-state index contributed by atoms with van der Waals surface area (Å²) < 4.78 is 16.0. The first-order valence-corrected chi connectivity index (χ1v) is 6.54. The molecular formula is C15H19NO4. The molecule has 0 aliphatic carbocycles. The predicted octanol–water partition coefficient (Wildman–Crippen LogP) is 2.21. The van der Waals surface area contributed by atoms with Gasteiger partial charge in [0.25, 0.3) is 0 Å². The van der Waals surface area contributed by atoms with Gasteiger partial charge in [-0.1, -0.05) is 0 Å². The van der Waals surface area contributed by atoms with Crippen LogP contribution < -0.4 is 4.74 Å². The van der Waals surface area contributed by atoms with Gasteiger partial charge in [0, 0.05) is 12.0 Å². The smallest absolute Gasteiger partial charge is 0.226 e. The van der Waals surface area contributed by atoms with E-state index in [4.69, 9.17) is 19.0 Å². The number of benzene rings is 1. The molecule has 0 fully saturated rings. The number of hydrogen-bond donors (Lipinski definition) is 1.